The Hall–Kier alpha value is -5.36. The lowest BCUT2D eigenvalue weighted by Gasteiger charge is -2.34. The number of carbonyl (C=O) groups excluding carboxylic acids is 7. The highest BCUT2D eigenvalue weighted by molar-refractivity contribution is 7.89. The molecule has 1 saturated carbocycles. The number of Topliss-reactive ketones (excluding diaryl/α,β-unsaturated/α-hetero) is 1. The highest BCUT2D eigenvalue weighted by Crippen LogP contribution is 2.30. The molecule has 1 aromatic rings. The van der Waals surface area contributed by atoms with E-state index in [1.165, 1.54) is 17.0 Å². The third kappa shape index (κ3) is 12.8. The van der Waals surface area contributed by atoms with Crippen molar-refractivity contribution in [3.8, 4) is 0 Å². The van der Waals surface area contributed by atoms with Crippen molar-refractivity contribution in [2.45, 2.75) is 108 Å². The molecule has 18 heteroatoms. The molecule has 4 atom stereocenters. The zero-order valence-electron chi connectivity index (χ0n) is 33.2. The number of benzene rings is 1. The van der Waals surface area contributed by atoms with E-state index in [0.29, 0.717) is 31.3 Å². The number of allylic oxidation sites excluding steroid dienone is 5. The van der Waals surface area contributed by atoms with Gasteiger partial charge in [-0.2, -0.15) is 0 Å². The van der Waals surface area contributed by atoms with E-state index in [4.69, 9.17) is 10.5 Å². The van der Waals surface area contributed by atoms with Crippen molar-refractivity contribution in [2.75, 3.05) is 19.7 Å². The van der Waals surface area contributed by atoms with Gasteiger partial charge in [0.05, 0.1) is 24.1 Å². The molecule has 1 aliphatic heterocycles. The molecule has 2 aliphatic carbocycles. The number of amides is 6. The minimum Gasteiger partial charge on any atom is -0.449 e. The molecule has 1 saturated heterocycles. The quantitative estimate of drug-likeness (QED) is 0.0922. The predicted octanol–water partition coefficient (Wildman–Crippen LogP) is 1.61. The number of hydrogen-bond acceptors (Lipinski definition) is 10. The fourth-order valence-corrected chi connectivity index (χ4v) is 8.41. The second kappa shape index (κ2) is 21.4. The number of hydrogen-bond donors (Lipinski definition) is 6. The number of alkyl carbamates (subject to hydrolysis) is 1. The summed E-state index contributed by atoms with van der Waals surface area (Å²) in [5, 5.41) is 9.91. The molecule has 4 rings (SSSR count). The highest BCUT2D eigenvalue weighted by atomic mass is 32.2. The van der Waals surface area contributed by atoms with Gasteiger partial charge in [-0.15, -0.1) is 0 Å². The molecular weight excluding hydrogens is 771 g/mol. The smallest absolute Gasteiger partial charge is 0.407 e. The molecular formula is C40H55N7O10S. The first-order chi connectivity index (χ1) is 27.6. The number of ketones is 1. The molecule has 0 aromatic heterocycles. The minimum absolute atomic E-state index is 0.0145. The van der Waals surface area contributed by atoms with Gasteiger partial charge in [-0.05, 0) is 61.6 Å². The van der Waals surface area contributed by atoms with Crippen LogP contribution in [0.1, 0.15) is 78.6 Å². The molecule has 1 unspecified atom stereocenters. The molecule has 0 spiro atoms. The molecule has 1 heterocycles. The Morgan fingerprint density at radius 1 is 0.966 bits per heavy atom. The molecule has 17 nitrogen and oxygen atoms in total. The maximum atomic E-state index is 14.5. The van der Waals surface area contributed by atoms with Gasteiger partial charge in [0.1, 0.15) is 17.8 Å². The second-order valence-corrected chi connectivity index (χ2v) is 16.8. The summed E-state index contributed by atoms with van der Waals surface area (Å²) >= 11 is 0. The molecule has 7 N–H and O–H groups in total. The van der Waals surface area contributed by atoms with Crippen molar-refractivity contribution >= 4 is 51.4 Å². The predicted molar refractivity (Wildman–Crippen MR) is 212 cm³/mol. The summed E-state index contributed by atoms with van der Waals surface area (Å²) in [6, 6.07) is 2.90. The van der Waals surface area contributed by atoms with Crippen molar-refractivity contribution in [3.05, 3.63) is 65.9 Å². The van der Waals surface area contributed by atoms with Gasteiger partial charge >= 0.3 is 6.09 Å². The molecule has 0 radical (unpaired) electrons. The third-order valence-corrected chi connectivity index (χ3v) is 11.6. The summed E-state index contributed by atoms with van der Waals surface area (Å²) in [4.78, 5) is 94.0. The number of nitrogens with zero attached hydrogens (tertiary/aromatic N) is 1. The van der Waals surface area contributed by atoms with E-state index in [0.717, 1.165) is 19.3 Å². The van der Waals surface area contributed by atoms with Crippen LogP contribution in [-0.2, 0) is 43.5 Å². The minimum atomic E-state index is -4.09. The van der Waals surface area contributed by atoms with Crippen molar-refractivity contribution in [1.29, 1.82) is 0 Å². The molecule has 6 amide bonds. The molecule has 0 bridgehead atoms. The van der Waals surface area contributed by atoms with E-state index in [-0.39, 0.29) is 48.4 Å². The summed E-state index contributed by atoms with van der Waals surface area (Å²) in [5.74, 6) is -5.63. The van der Waals surface area contributed by atoms with Gasteiger partial charge in [0.2, 0.25) is 33.5 Å². The van der Waals surface area contributed by atoms with Gasteiger partial charge in [0, 0.05) is 12.6 Å². The average Bonchev–Trinajstić information content (AvgIpc) is 3.63. The zero-order valence-corrected chi connectivity index (χ0v) is 34.0. The number of primary amides is 1. The number of sulfonamides is 1. The normalized spacial score (nSPS) is 20.1. The number of carbonyl (C=O) groups is 7. The highest BCUT2D eigenvalue weighted by Gasteiger charge is 2.46. The molecule has 3 aliphatic rings. The molecule has 58 heavy (non-hydrogen) atoms. The van der Waals surface area contributed by atoms with Gasteiger partial charge < -0.3 is 36.6 Å². The SMILES string of the molecule is CCCC(NC(=O)[C@@H]1C[C@@H](NS(=O)(=O)c2ccccc2)CN1C(=O)[C@@H](NC(=O)OCC(C)C)C1CCCCC1)C(=O)C(=O)NCC(=O)NC(C(N)=O)=C1C=CC=CC1. The van der Waals surface area contributed by atoms with E-state index < -0.39 is 82.1 Å². The average molecular weight is 826 g/mol. The Balaban J connectivity index is 1.53. The first-order valence-electron chi connectivity index (χ1n) is 19.7. The summed E-state index contributed by atoms with van der Waals surface area (Å²) in [6.07, 6.45) is 10.4. The van der Waals surface area contributed by atoms with Crippen molar-refractivity contribution in [3.63, 3.8) is 0 Å². The maximum Gasteiger partial charge on any atom is 0.407 e. The number of rotatable bonds is 18. The van der Waals surface area contributed by atoms with Gasteiger partial charge in [-0.3, -0.25) is 28.8 Å². The van der Waals surface area contributed by atoms with Crippen molar-refractivity contribution in [1.82, 2.24) is 30.9 Å². The standard InChI is InChI=1S/C40H55N7O10S/c1-4-14-30(35(49)38(52)42-22-32(48)44-33(36(41)50)26-15-8-5-9-16-26)43-37(51)31-21-28(46-58(55,56)29-19-12-7-13-20-29)23-47(31)39(53)34(27-17-10-6-11-18-27)45-40(54)57-24-25(2)3/h5,7-9,12-13,15,19-20,25,27-28,30-31,34,46H,4,6,10-11,14,16-18,21-24H2,1-3H3,(H2,41,50)(H,42,52)(H,43,51)(H,44,48)(H,45,54)/t28-,30?,31+,34+/m1/s1. The lowest BCUT2D eigenvalue weighted by atomic mass is 9.83. The number of nitrogens with one attached hydrogen (secondary N) is 5. The number of likely N-dealkylation sites (tertiary alicyclic amines) is 1. The fraction of sp³-hybridized carbons (Fsp3) is 0.525. The van der Waals surface area contributed by atoms with Crippen LogP contribution in [0.2, 0.25) is 0 Å². The van der Waals surface area contributed by atoms with Crippen LogP contribution < -0.4 is 31.7 Å². The lowest BCUT2D eigenvalue weighted by molar-refractivity contribution is -0.143. The van der Waals surface area contributed by atoms with Crippen LogP contribution in [-0.4, -0.2) is 98.6 Å². The van der Waals surface area contributed by atoms with Crippen molar-refractivity contribution < 1.29 is 46.7 Å². The van der Waals surface area contributed by atoms with Crippen LogP contribution in [0.15, 0.2) is 70.8 Å². The third-order valence-electron chi connectivity index (χ3n) is 10.0. The van der Waals surface area contributed by atoms with Crippen LogP contribution in [0.25, 0.3) is 0 Å². The van der Waals surface area contributed by atoms with Crippen LogP contribution in [0.3, 0.4) is 0 Å². The lowest BCUT2D eigenvalue weighted by Crippen LogP contribution is -2.58. The van der Waals surface area contributed by atoms with Gasteiger partial charge in [0.25, 0.3) is 11.8 Å². The van der Waals surface area contributed by atoms with Crippen LogP contribution in [0.5, 0.6) is 0 Å². The van der Waals surface area contributed by atoms with E-state index in [1.54, 1.807) is 49.4 Å². The van der Waals surface area contributed by atoms with E-state index in [9.17, 15) is 42.0 Å². The summed E-state index contributed by atoms with van der Waals surface area (Å²) in [5.41, 5.74) is 5.75. The topological polar surface area (TPSA) is 252 Å². The summed E-state index contributed by atoms with van der Waals surface area (Å²) in [6.45, 7) is 4.65. The Morgan fingerprint density at radius 2 is 1.67 bits per heavy atom. The first-order valence-corrected chi connectivity index (χ1v) is 21.2. The first kappa shape index (κ1) is 45.3. The Morgan fingerprint density at radius 3 is 2.29 bits per heavy atom. The largest absolute Gasteiger partial charge is 0.449 e. The van der Waals surface area contributed by atoms with Gasteiger partial charge in [0.15, 0.2) is 0 Å². The molecule has 2 fully saturated rings. The van der Waals surface area contributed by atoms with E-state index in [2.05, 4.69) is 26.0 Å². The van der Waals surface area contributed by atoms with Gasteiger partial charge in [-0.1, -0.05) is 89.0 Å². The van der Waals surface area contributed by atoms with Crippen LogP contribution >= 0.6 is 0 Å². The zero-order chi connectivity index (χ0) is 42.4. The Kier molecular flexibility index (Phi) is 16.7. The Labute approximate surface area is 339 Å². The van der Waals surface area contributed by atoms with E-state index in [1.807, 2.05) is 13.8 Å². The second-order valence-electron chi connectivity index (χ2n) is 15.1. The van der Waals surface area contributed by atoms with Crippen LogP contribution in [0.4, 0.5) is 4.79 Å². The summed E-state index contributed by atoms with van der Waals surface area (Å²) in [7, 11) is -4.09. The molecule has 1 aromatic carbocycles. The number of nitrogens with two attached hydrogens (primary N) is 1. The Bertz CT molecular complexity index is 1890. The van der Waals surface area contributed by atoms with Gasteiger partial charge in [-0.25, -0.2) is 17.9 Å². The monoisotopic (exact) mass is 825 g/mol. The van der Waals surface area contributed by atoms with E-state index >= 15 is 0 Å². The maximum absolute atomic E-state index is 14.5. The van der Waals surface area contributed by atoms with Crippen LogP contribution in [0, 0.1) is 11.8 Å². The summed E-state index contributed by atoms with van der Waals surface area (Å²) < 4.78 is 34.7. The van der Waals surface area contributed by atoms with Crippen molar-refractivity contribution in [2.24, 2.45) is 17.6 Å². The number of ether oxygens (including phenoxy) is 1. The fourth-order valence-electron chi connectivity index (χ4n) is 7.15. The molecule has 316 valence electrons.